The zero-order valence-electron chi connectivity index (χ0n) is 13.2. The van der Waals surface area contributed by atoms with Crippen LogP contribution in [0.1, 0.15) is 10.5 Å². The molecule has 130 valence electrons. The summed E-state index contributed by atoms with van der Waals surface area (Å²) in [6, 6.07) is 6.73. The van der Waals surface area contributed by atoms with Gasteiger partial charge in [-0.2, -0.15) is 5.10 Å². The number of benzene rings is 1. The Bertz CT molecular complexity index is 941. The van der Waals surface area contributed by atoms with Crippen molar-refractivity contribution >= 4 is 35.1 Å². The minimum atomic E-state index is -0.620. The number of carbonyl (C=O) groups is 1. The van der Waals surface area contributed by atoms with Crippen LogP contribution >= 0.6 is 23.2 Å². The van der Waals surface area contributed by atoms with Crippen molar-refractivity contribution in [2.45, 2.75) is 0 Å². The fourth-order valence-corrected chi connectivity index (χ4v) is 2.75. The van der Waals surface area contributed by atoms with Crippen LogP contribution in [0.5, 0.6) is 0 Å². The van der Waals surface area contributed by atoms with E-state index in [-0.39, 0.29) is 22.2 Å². The van der Waals surface area contributed by atoms with E-state index in [0.717, 1.165) is 4.68 Å². The molecule has 2 heterocycles. The molecule has 0 radical (unpaired) electrons. The third kappa shape index (κ3) is 3.16. The first-order valence-corrected chi connectivity index (χ1v) is 7.81. The second-order valence-electron chi connectivity index (χ2n) is 5.12. The molecule has 0 saturated carbocycles. The monoisotopic (exact) mass is 381 g/mol. The van der Waals surface area contributed by atoms with Crippen LogP contribution in [0.4, 0.5) is 0 Å². The lowest BCUT2D eigenvalue weighted by Gasteiger charge is -2.14. The van der Waals surface area contributed by atoms with E-state index in [0.29, 0.717) is 10.6 Å². The number of hydrogen-bond donors (Lipinski definition) is 3. The maximum atomic E-state index is 12.5. The summed E-state index contributed by atoms with van der Waals surface area (Å²) in [5.74, 6) is -0.402. The number of rotatable bonds is 2. The highest BCUT2D eigenvalue weighted by Gasteiger charge is 2.24. The zero-order valence-corrected chi connectivity index (χ0v) is 14.7. The lowest BCUT2D eigenvalue weighted by Crippen LogP contribution is -2.45. The van der Waals surface area contributed by atoms with Gasteiger partial charge in [0.05, 0.1) is 10.6 Å². The molecule has 1 aromatic heterocycles. The Morgan fingerprint density at radius 1 is 1.24 bits per heavy atom. The first-order chi connectivity index (χ1) is 11.9. The van der Waals surface area contributed by atoms with Crippen molar-refractivity contribution in [1.29, 1.82) is 0 Å². The summed E-state index contributed by atoms with van der Waals surface area (Å²) in [6.07, 6.45) is 0. The van der Waals surface area contributed by atoms with Gasteiger partial charge in [0.2, 0.25) is 5.96 Å². The van der Waals surface area contributed by atoms with Gasteiger partial charge in [0.25, 0.3) is 11.5 Å². The normalized spacial score (nSPS) is 13.4. The van der Waals surface area contributed by atoms with Crippen LogP contribution < -0.4 is 21.9 Å². The van der Waals surface area contributed by atoms with Gasteiger partial charge < -0.3 is 0 Å². The quantitative estimate of drug-likeness (QED) is 0.707. The predicted molar refractivity (Wildman–Crippen MR) is 93.9 cm³/mol. The predicted octanol–water partition coefficient (Wildman–Crippen LogP) is 0.710. The van der Waals surface area contributed by atoms with Crippen LogP contribution in [-0.2, 0) is 7.05 Å². The minimum Gasteiger partial charge on any atom is -0.288 e. The molecule has 0 fully saturated rings. The van der Waals surface area contributed by atoms with Crippen molar-refractivity contribution in [2.24, 2.45) is 12.1 Å². The number of aromatic nitrogens is 2. The van der Waals surface area contributed by atoms with Gasteiger partial charge in [-0.1, -0.05) is 41.4 Å². The van der Waals surface area contributed by atoms with Crippen LogP contribution in [0.3, 0.4) is 0 Å². The van der Waals surface area contributed by atoms with Crippen molar-refractivity contribution in [3.63, 3.8) is 0 Å². The van der Waals surface area contributed by atoms with Gasteiger partial charge in [0, 0.05) is 24.7 Å². The Morgan fingerprint density at radius 2 is 1.96 bits per heavy atom. The maximum absolute atomic E-state index is 12.5. The number of guanidine groups is 1. The number of hydrazone groups is 1. The van der Waals surface area contributed by atoms with E-state index in [2.05, 4.69) is 26.6 Å². The number of nitrogens with zero attached hydrogens (tertiary/aromatic N) is 4. The molecule has 2 aromatic rings. The molecular weight excluding hydrogens is 369 g/mol. The molecule has 0 bridgehead atoms. The highest BCUT2D eigenvalue weighted by atomic mass is 35.5. The van der Waals surface area contributed by atoms with Gasteiger partial charge in [-0.25, -0.2) is 10.2 Å². The van der Waals surface area contributed by atoms with Gasteiger partial charge in [0.1, 0.15) is 0 Å². The number of nitrogens with one attached hydrogen (secondary N) is 3. The highest BCUT2D eigenvalue weighted by molar-refractivity contribution is 6.38. The molecule has 3 rings (SSSR count). The fraction of sp³-hybridized carbons (Fsp3) is 0.143. The molecule has 25 heavy (non-hydrogen) atoms. The lowest BCUT2D eigenvalue weighted by molar-refractivity contribution is 0.0965. The molecule has 0 spiro atoms. The number of amides is 1. The molecule has 1 aromatic carbocycles. The van der Waals surface area contributed by atoms with E-state index < -0.39 is 11.5 Å². The molecule has 0 atom stereocenters. The Kier molecular flexibility index (Phi) is 4.62. The standard InChI is InChI=1S/C14H13Cl2N7O2/c1-22-13(25)9(7-5-3-4-6-8(7)15)10(16)11(19-22)12(24)17-14-18-20-21-23(14)2/h3-6,20-21H,1-2H3,(H,17,18,24). The third-order valence-electron chi connectivity index (χ3n) is 3.47. The van der Waals surface area contributed by atoms with Crippen molar-refractivity contribution in [2.75, 3.05) is 7.05 Å². The zero-order chi connectivity index (χ0) is 18.1. The number of aryl methyl sites for hydroxylation is 1. The van der Waals surface area contributed by atoms with Crippen molar-refractivity contribution in [3.05, 3.63) is 50.4 Å². The third-order valence-corrected chi connectivity index (χ3v) is 4.16. The van der Waals surface area contributed by atoms with Gasteiger partial charge in [-0.05, 0) is 6.07 Å². The van der Waals surface area contributed by atoms with Crippen molar-refractivity contribution < 1.29 is 4.79 Å². The molecule has 1 aliphatic rings. The van der Waals surface area contributed by atoms with Crippen molar-refractivity contribution in [1.82, 2.24) is 31.2 Å². The molecule has 3 N–H and O–H groups in total. The molecule has 11 heteroatoms. The summed E-state index contributed by atoms with van der Waals surface area (Å²) in [5, 5.41) is 12.0. The number of hydrogen-bond acceptors (Lipinski definition) is 7. The van der Waals surface area contributed by atoms with E-state index >= 15 is 0 Å². The Labute approximate surface area is 152 Å². The fourth-order valence-electron chi connectivity index (χ4n) is 2.21. The summed E-state index contributed by atoms with van der Waals surface area (Å²) in [5.41, 5.74) is 5.06. The molecule has 1 aliphatic heterocycles. The first-order valence-electron chi connectivity index (χ1n) is 7.05. The summed E-state index contributed by atoms with van der Waals surface area (Å²) in [7, 11) is 3.07. The van der Waals surface area contributed by atoms with Crippen LogP contribution in [-0.4, -0.2) is 33.7 Å². The largest absolute Gasteiger partial charge is 0.288 e. The number of halogens is 2. The van der Waals surface area contributed by atoms with Gasteiger partial charge in [-0.3, -0.25) is 19.9 Å². The molecule has 0 unspecified atom stereocenters. The Morgan fingerprint density at radius 3 is 2.60 bits per heavy atom. The Hall–Kier alpha value is -2.62. The maximum Gasteiger partial charge on any atom is 0.280 e. The topological polar surface area (TPSA) is 104 Å². The summed E-state index contributed by atoms with van der Waals surface area (Å²) in [4.78, 5) is 25.0. The number of carbonyl (C=O) groups excluding carboxylic acids is 1. The van der Waals surface area contributed by atoms with Gasteiger partial charge in [-0.15, -0.1) is 10.6 Å². The van der Waals surface area contributed by atoms with Crippen molar-refractivity contribution in [3.8, 4) is 11.1 Å². The smallest absolute Gasteiger partial charge is 0.280 e. The molecule has 0 aliphatic carbocycles. The van der Waals surface area contributed by atoms with E-state index in [4.69, 9.17) is 23.2 Å². The molecule has 0 saturated heterocycles. The average molecular weight is 382 g/mol. The second-order valence-corrected chi connectivity index (χ2v) is 5.90. The van der Waals surface area contributed by atoms with Crippen LogP contribution in [0, 0.1) is 0 Å². The summed E-state index contributed by atoms with van der Waals surface area (Å²) < 4.78 is 1.04. The van der Waals surface area contributed by atoms with E-state index in [1.54, 1.807) is 31.3 Å². The average Bonchev–Trinajstić information content (AvgIpc) is 2.97. The Balaban J connectivity index is 2.09. The molecule has 1 amide bonds. The lowest BCUT2D eigenvalue weighted by atomic mass is 10.1. The van der Waals surface area contributed by atoms with E-state index in [1.165, 1.54) is 12.1 Å². The SMILES string of the molecule is CN1NNN=C1NC(=O)c1nn(C)c(=O)c(-c2ccccc2Cl)c1Cl. The summed E-state index contributed by atoms with van der Waals surface area (Å²) in [6.45, 7) is 0. The van der Waals surface area contributed by atoms with Crippen LogP contribution in [0.2, 0.25) is 10.0 Å². The summed E-state index contributed by atoms with van der Waals surface area (Å²) >= 11 is 12.5. The van der Waals surface area contributed by atoms with Crippen LogP contribution in [0.15, 0.2) is 34.2 Å². The molecular formula is C14H13Cl2N7O2. The highest BCUT2D eigenvalue weighted by Crippen LogP contribution is 2.31. The second kappa shape index (κ2) is 6.71. The number of hydrazine groups is 2. The van der Waals surface area contributed by atoms with E-state index in [9.17, 15) is 9.59 Å². The van der Waals surface area contributed by atoms with E-state index in [1.807, 2.05) is 0 Å². The molecule has 9 nitrogen and oxygen atoms in total. The first kappa shape index (κ1) is 17.2. The van der Waals surface area contributed by atoms with Gasteiger partial charge >= 0.3 is 0 Å². The minimum absolute atomic E-state index is 0.0872. The van der Waals surface area contributed by atoms with Crippen LogP contribution in [0.25, 0.3) is 11.1 Å². The van der Waals surface area contributed by atoms with Gasteiger partial charge in [0.15, 0.2) is 5.69 Å².